The number of ether oxygens (including phenoxy) is 1. The van der Waals surface area contributed by atoms with Crippen molar-refractivity contribution in [2.24, 2.45) is 0 Å². The van der Waals surface area contributed by atoms with Crippen LogP contribution >= 0.6 is 0 Å². The number of aliphatic hydroxyl groups excluding tert-OH is 4. The van der Waals surface area contributed by atoms with Gasteiger partial charge in [0.25, 0.3) is 0 Å². The highest BCUT2D eigenvalue weighted by Crippen LogP contribution is 2.22. The van der Waals surface area contributed by atoms with Crippen LogP contribution in [-0.2, 0) is 4.74 Å². The van der Waals surface area contributed by atoms with Gasteiger partial charge in [-0.05, 0) is 0 Å². The lowest BCUT2D eigenvalue weighted by Crippen LogP contribution is -2.62. The molecular weight excluding hydrogens is 168 g/mol. The Morgan fingerprint density at radius 3 is 2.42 bits per heavy atom. The predicted octanol–water partition coefficient (Wildman–Crippen LogP) is -3.22. The topological polar surface area (TPSA) is 110 Å². The fourth-order valence-corrected chi connectivity index (χ4v) is 1.03. The Hall–Kier alpha value is -0.240. The van der Waals surface area contributed by atoms with Gasteiger partial charge in [-0.25, -0.2) is 0 Å². The average Bonchev–Trinajstić information content (AvgIpc) is 2.09. The molecular formula is C6H12O6. The van der Waals surface area contributed by atoms with Crippen molar-refractivity contribution in [1.29, 1.82) is 0 Å². The molecule has 0 aromatic heterocycles. The molecule has 1 aliphatic heterocycles. The summed E-state index contributed by atoms with van der Waals surface area (Å²) >= 11 is 0. The van der Waals surface area contributed by atoms with Crippen molar-refractivity contribution in [2.75, 3.05) is 13.2 Å². The minimum absolute atomic E-state index is 0.324. The van der Waals surface area contributed by atoms with Crippen molar-refractivity contribution in [3.63, 3.8) is 0 Å². The maximum Gasteiger partial charge on any atom is 0.218 e. The Balaban J connectivity index is 2.71. The third kappa shape index (κ3) is 1.45. The predicted molar refractivity (Wildman–Crippen MR) is 36.0 cm³/mol. The molecule has 1 saturated heterocycles. The molecule has 6 heteroatoms. The zero-order valence-corrected chi connectivity index (χ0v) is 6.29. The van der Waals surface area contributed by atoms with Crippen LogP contribution in [0.15, 0.2) is 0 Å². The number of aliphatic hydroxyl groups is 5. The molecule has 0 aromatic carbocycles. The highest BCUT2D eigenvalue weighted by molar-refractivity contribution is 4.90. The number of hydrogen-bond donors (Lipinski definition) is 5. The highest BCUT2D eigenvalue weighted by atomic mass is 16.7. The third-order valence-electron chi connectivity index (χ3n) is 1.91. The van der Waals surface area contributed by atoms with E-state index in [4.69, 9.17) is 20.4 Å². The molecule has 0 amide bonds. The van der Waals surface area contributed by atoms with Crippen LogP contribution in [0.4, 0.5) is 0 Å². The monoisotopic (exact) mass is 180 g/mol. The van der Waals surface area contributed by atoms with Crippen molar-refractivity contribution in [3.05, 3.63) is 0 Å². The second-order valence-corrected chi connectivity index (χ2v) is 2.82. The molecule has 6 nitrogen and oxygen atoms in total. The summed E-state index contributed by atoms with van der Waals surface area (Å²) in [6.45, 7) is -1.16. The largest absolute Gasteiger partial charge is 0.391 e. The van der Waals surface area contributed by atoms with Gasteiger partial charge in [0.15, 0.2) is 0 Å². The maximum absolute atomic E-state index is 9.24. The second kappa shape index (κ2) is 3.25. The molecule has 0 saturated carbocycles. The Morgan fingerprint density at radius 2 is 1.92 bits per heavy atom. The smallest absolute Gasteiger partial charge is 0.218 e. The summed E-state index contributed by atoms with van der Waals surface area (Å²) in [6.07, 6.45) is -4.45. The van der Waals surface area contributed by atoms with Gasteiger partial charge in [0, 0.05) is 0 Å². The van der Waals surface area contributed by atoms with Gasteiger partial charge in [-0.15, -0.1) is 0 Å². The summed E-state index contributed by atoms with van der Waals surface area (Å²) < 4.78 is 4.56. The van der Waals surface area contributed by atoms with Gasteiger partial charge in [-0.3, -0.25) is 0 Å². The van der Waals surface area contributed by atoms with E-state index in [1.807, 2.05) is 0 Å². The quantitative estimate of drug-likeness (QED) is 0.290. The zero-order chi connectivity index (χ0) is 9.35. The van der Waals surface area contributed by atoms with Crippen LogP contribution in [0.2, 0.25) is 0 Å². The normalized spacial score (nSPS) is 49.2. The van der Waals surface area contributed by atoms with E-state index >= 15 is 0 Å². The summed E-state index contributed by atoms with van der Waals surface area (Å²) in [6, 6.07) is 0. The number of hydrogen-bond acceptors (Lipinski definition) is 6. The maximum atomic E-state index is 9.24. The molecule has 4 atom stereocenters. The van der Waals surface area contributed by atoms with Crippen molar-refractivity contribution in [2.45, 2.75) is 24.1 Å². The minimum Gasteiger partial charge on any atom is -0.391 e. The van der Waals surface area contributed by atoms with Crippen LogP contribution in [0.5, 0.6) is 0 Å². The van der Waals surface area contributed by atoms with E-state index in [0.717, 1.165) is 0 Å². The van der Waals surface area contributed by atoms with Crippen LogP contribution in [0.3, 0.4) is 0 Å². The lowest BCUT2D eigenvalue weighted by atomic mass is 9.98. The first-order chi connectivity index (χ1) is 5.51. The Morgan fingerprint density at radius 1 is 1.33 bits per heavy atom. The minimum atomic E-state index is -2.17. The van der Waals surface area contributed by atoms with E-state index in [-0.39, 0.29) is 6.61 Å². The molecule has 1 fully saturated rings. The van der Waals surface area contributed by atoms with E-state index in [1.165, 1.54) is 0 Å². The summed E-state index contributed by atoms with van der Waals surface area (Å²) in [4.78, 5) is 0. The molecule has 0 spiro atoms. The van der Waals surface area contributed by atoms with Gasteiger partial charge in [-0.2, -0.15) is 0 Å². The first-order valence-electron chi connectivity index (χ1n) is 3.52. The van der Waals surface area contributed by atoms with Crippen molar-refractivity contribution >= 4 is 0 Å². The van der Waals surface area contributed by atoms with Crippen LogP contribution < -0.4 is 0 Å². The van der Waals surface area contributed by atoms with E-state index in [1.54, 1.807) is 0 Å². The summed E-state index contributed by atoms with van der Waals surface area (Å²) in [7, 11) is 0. The van der Waals surface area contributed by atoms with E-state index < -0.39 is 30.7 Å². The molecule has 1 aliphatic rings. The van der Waals surface area contributed by atoms with Crippen LogP contribution in [0.1, 0.15) is 0 Å². The van der Waals surface area contributed by atoms with Crippen LogP contribution in [0, 0.1) is 0 Å². The Labute approximate surface area is 68.6 Å². The fourth-order valence-electron chi connectivity index (χ4n) is 1.03. The average molecular weight is 180 g/mol. The van der Waals surface area contributed by atoms with Crippen molar-refractivity contribution in [1.82, 2.24) is 0 Å². The molecule has 0 bridgehead atoms. The molecule has 0 aromatic rings. The van der Waals surface area contributed by atoms with Gasteiger partial charge in [0.1, 0.15) is 18.3 Å². The van der Waals surface area contributed by atoms with Gasteiger partial charge in [0.2, 0.25) is 5.79 Å². The van der Waals surface area contributed by atoms with Gasteiger partial charge < -0.3 is 30.3 Å². The van der Waals surface area contributed by atoms with Crippen LogP contribution in [0.25, 0.3) is 0 Å². The zero-order valence-electron chi connectivity index (χ0n) is 6.29. The fraction of sp³-hybridized carbons (Fsp3) is 1.00. The molecule has 0 aliphatic carbocycles. The second-order valence-electron chi connectivity index (χ2n) is 2.82. The SMILES string of the molecule is OC[C@]1(O)OC[C@@H](O)[C@@H](O)[C@H]1O. The lowest BCUT2D eigenvalue weighted by molar-refractivity contribution is -0.331. The van der Waals surface area contributed by atoms with Gasteiger partial charge in [-0.1, -0.05) is 0 Å². The standard InChI is InChI=1S/C6H12O6/c7-2-6(11)5(10)4(9)3(8)1-12-6/h3-5,7-11H,1-2H2/t3-,4-,5-,6+/m1/s1. The van der Waals surface area contributed by atoms with Gasteiger partial charge >= 0.3 is 0 Å². The summed E-state index contributed by atoms with van der Waals surface area (Å²) in [5.74, 6) is -2.17. The Kier molecular flexibility index (Phi) is 2.67. The van der Waals surface area contributed by atoms with E-state index in [0.29, 0.717) is 0 Å². The summed E-state index contributed by atoms with van der Waals surface area (Å²) in [5.41, 5.74) is 0. The third-order valence-corrected chi connectivity index (χ3v) is 1.91. The molecule has 1 heterocycles. The molecule has 0 unspecified atom stereocenters. The first-order valence-corrected chi connectivity index (χ1v) is 3.52. The molecule has 5 N–H and O–H groups in total. The highest BCUT2D eigenvalue weighted by Gasteiger charge is 2.47. The lowest BCUT2D eigenvalue weighted by Gasteiger charge is -2.40. The number of rotatable bonds is 1. The molecule has 1 rings (SSSR count). The van der Waals surface area contributed by atoms with Crippen LogP contribution in [-0.4, -0.2) is 62.8 Å². The van der Waals surface area contributed by atoms with Gasteiger partial charge in [0.05, 0.1) is 13.2 Å². The molecule has 72 valence electrons. The molecule has 0 radical (unpaired) electrons. The van der Waals surface area contributed by atoms with Crippen molar-refractivity contribution < 1.29 is 30.3 Å². The Bertz CT molecular complexity index is 162. The van der Waals surface area contributed by atoms with Crippen molar-refractivity contribution in [3.8, 4) is 0 Å². The first kappa shape index (κ1) is 9.85. The van der Waals surface area contributed by atoms with E-state index in [2.05, 4.69) is 4.74 Å². The summed E-state index contributed by atoms with van der Waals surface area (Å²) in [5, 5.41) is 45.0. The van der Waals surface area contributed by atoms with E-state index in [9.17, 15) is 5.11 Å². The molecule has 12 heavy (non-hydrogen) atoms.